The van der Waals surface area contributed by atoms with Crippen LogP contribution in [-0.4, -0.2) is 9.78 Å². The SMILES string of the molecule is Cc1cnn(C(C)(C)C)c(=O)c1SCc1ccc(C(C)(C)C)cc1. The topological polar surface area (TPSA) is 34.9 Å². The van der Waals surface area contributed by atoms with Gasteiger partial charge in [0.15, 0.2) is 0 Å². The largest absolute Gasteiger partial charge is 0.281 e. The molecule has 0 spiro atoms. The summed E-state index contributed by atoms with van der Waals surface area (Å²) in [5.74, 6) is 0.786. The van der Waals surface area contributed by atoms with Crippen LogP contribution < -0.4 is 5.56 Å². The number of hydrogen-bond acceptors (Lipinski definition) is 3. The lowest BCUT2D eigenvalue weighted by Gasteiger charge is -2.21. The normalized spacial score (nSPS) is 12.5. The molecule has 0 aliphatic heterocycles. The zero-order valence-corrected chi connectivity index (χ0v) is 16.6. The van der Waals surface area contributed by atoms with Crippen molar-refractivity contribution in [3.05, 3.63) is 57.5 Å². The molecule has 0 unspecified atom stereocenters. The second kappa shape index (κ2) is 6.75. The first kappa shape index (κ1) is 18.8. The monoisotopic (exact) mass is 344 g/mol. The fraction of sp³-hybridized carbons (Fsp3) is 0.500. The van der Waals surface area contributed by atoms with Crippen molar-refractivity contribution in [2.45, 2.75) is 70.1 Å². The highest BCUT2D eigenvalue weighted by atomic mass is 32.2. The van der Waals surface area contributed by atoms with Crippen LogP contribution in [-0.2, 0) is 16.7 Å². The van der Waals surface area contributed by atoms with Gasteiger partial charge >= 0.3 is 0 Å². The van der Waals surface area contributed by atoms with Gasteiger partial charge in [-0.3, -0.25) is 4.79 Å². The maximum Gasteiger partial charge on any atom is 0.281 e. The fourth-order valence-corrected chi connectivity index (χ4v) is 3.42. The van der Waals surface area contributed by atoms with Crippen molar-refractivity contribution < 1.29 is 0 Å². The smallest absolute Gasteiger partial charge is 0.266 e. The number of benzene rings is 1. The van der Waals surface area contributed by atoms with Crippen molar-refractivity contribution in [3.8, 4) is 0 Å². The van der Waals surface area contributed by atoms with Crippen LogP contribution in [0.1, 0.15) is 58.2 Å². The third kappa shape index (κ3) is 4.29. The quantitative estimate of drug-likeness (QED) is 0.743. The highest BCUT2D eigenvalue weighted by Crippen LogP contribution is 2.26. The second-order valence-corrected chi connectivity index (χ2v) is 9.27. The molecule has 0 radical (unpaired) electrons. The van der Waals surface area contributed by atoms with E-state index < -0.39 is 0 Å². The molecule has 2 rings (SSSR count). The van der Waals surface area contributed by atoms with Gasteiger partial charge in [-0.15, -0.1) is 11.8 Å². The minimum Gasteiger partial charge on any atom is -0.266 e. The predicted octanol–water partition coefficient (Wildman–Crippen LogP) is 4.90. The molecule has 0 saturated carbocycles. The lowest BCUT2D eigenvalue weighted by Crippen LogP contribution is -2.36. The van der Waals surface area contributed by atoms with Crippen LogP contribution in [0, 0.1) is 6.92 Å². The Morgan fingerprint density at radius 1 is 1.04 bits per heavy atom. The van der Waals surface area contributed by atoms with Gasteiger partial charge in [0.2, 0.25) is 0 Å². The minimum absolute atomic E-state index is 0.00110. The molecule has 0 aliphatic carbocycles. The summed E-state index contributed by atoms with van der Waals surface area (Å²) < 4.78 is 1.57. The van der Waals surface area contributed by atoms with Crippen LogP contribution in [0.2, 0.25) is 0 Å². The Hall–Kier alpha value is -1.55. The van der Waals surface area contributed by atoms with Crippen molar-refractivity contribution in [1.82, 2.24) is 9.78 Å². The van der Waals surface area contributed by atoms with Crippen LogP contribution in [0.15, 0.2) is 40.2 Å². The van der Waals surface area contributed by atoms with E-state index in [4.69, 9.17) is 0 Å². The van der Waals surface area contributed by atoms with E-state index in [1.807, 2.05) is 27.7 Å². The molecule has 1 heterocycles. The van der Waals surface area contributed by atoms with Crippen LogP contribution >= 0.6 is 11.8 Å². The van der Waals surface area contributed by atoms with Gasteiger partial charge in [0, 0.05) is 5.75 Å². The molecule has 1 aromatic carbocycles. The first-order chi connectivity index (χ1) is 11.0. The molecule has 0 amide bonds. The molecule has 130 valence electrons. The zero-order valence-electron chi connectivity index (χ0n) is 15.8. The number of hydrogen-bond donors (Lipinski definition) is 0. The van der Waals surface area contributed by atoms with Crippen LogP contribution in [0.5, 0.6) is 0 Å². The number of aryl methyl sites for hydroxylation is 1. The van der Waals surface area contributed by atoms with Crippen molar-refractivity contribution >= 4 is 11.8 Å². The van der Waals surface area contributed by atoms with E-state index in [2.05, 4.69) is 50.1 Å². The average Bonchev–Trinajstić information content (AvgIpc) is 2.45. The number of nitrogens with zero attached hydrogens (tertiary/aromatic N) is 2. The van der Waals surface area contributed by atoms with Crippen LogP contribution in [0.3, 0.4) is 0 Å². The summed E-state index contributed by atoms with van der Waals surface area (Å²) in [6, 6.07) is 8.68. The van der Waals surface area contributed by atoms with Gasteiger partial charge in [-0.1, -0.05) is 45.0 Å². The van der Waals surface area contributed by atoms with Crippen molar-refractivity contribution in [3.63, 3.8) is 0 Å². The summed E-state index contributed by atoms with van der Waals surface area (Å²) in [4.78, 5) is 13.5. The predicted molar refractivity (Wildman–Crippen MR) is 103 cm³/mol. The Kier molecular flexibility index (Phi) is 5.28. The molecule has 0 bridgehead atoms. The fourth-order valence-electron chi connectivity index (χ4n) is 2.43. The van der Waals surface area contributed by atoms with Gasteiger partial charge in [0.1, 0.15) is 0 Å². The summed E-state index contributed by atoms with van der Waals surface area (Å²) in [6.45, 7) is 14.6. The van der Waals surface area contributed by atoms with E-state index in [9.17, 15) is 4.79 Å². The maximum atomic E-state index is 12.7. The zero-order chi connectivity index (χ0) is 18.1. The van der Waals surface area contributed by atoms with Gasteiger partial charge in [-0.05, 0) is 49.8 Å². The standard InChI is InChI=1S/C20H28N2OS/c1-14-12-21-22(20(5,6)7)18(23)17(14)24-13-15-8-10-16(11-9-15)19(2,3)4/h8-12H,13H2,1-7H3. The molecule has 3 nitrogen and oxygen atoms in total. The molecule has 0 N–H and O–H groups in total. The van der Waals surface area contributed by atoms with E-state index in [0.29, 0.717) is 0 Å². The summed E-state index contributed by atoms with van der Waals surface area (Å²) in [5.41, 5.74) is 3.34. The van der Waals surface area contributed by atoms with Crippen LogP contribution in [0.25, 0.3) is 0 Å². The third-order valence-corrected chi connectivity index (χ3v) is 5.21. The number of thioether (sulfide) groups is 1. The summed E-state index contributed by atoms with van der Waals surface area (Å²) in [6.07, 6.45) is 1.79. The van der Waals surface area contributed by atoms with E-state index in [0.717, 1.165) is 16.2 Å². The van der Waals surface area contributed by atoms with Crippen LogP contribution in [0.4, 0.5) is 0 Å². The van der Waals surface area contributed by atoms with E-state index in [-0.39, 0.29) is 16.5 Å². The first-order valence-electron chi connectivity index (χ1n) is 8.32. The summed E-state index contributed by atoms with van der Waals surface area (Å²) in [7, 11) is 0. The minimum atomic E-state index is -0.311. The lowest BCUT2D eigenvalue weighted by atomic mass is 9.87. The molecule has 0 saturated heterocycles. The highest BCUT2D eigenvalue weighted by molar-refractivity contribution is 7.98. The first-order valence-corrected chi connectivity index (χ1v) is 9.30. The van der Waals surface area contributed by atoms with Gasteiger partial charge in [0.25, 0.3) is 5.56 Å². The molecular weight excluding hydrogens is 316 g/mol. The molecule has 0 fully saturated rings. The Balaban J connectivity index is 2.22. The number of rotatable bonds is 3. The molecular formula is C20H28N2OS. The third-order valence-electron chi connectivity index (χ3n) is 3.95. The Labute approximate surface area is 149 Å². The van der Waals surface area contributed by atoms with E-state index >= 15 is 0 Å². The lowest BCUT2D eigenvalue weighted by molar-refractivity contribution is 0.332. The maximum absolute atomic E-state index is 12.7. The van der Waals surface area contributed by atoms with Crippen molar-refractivity contribution in [1.29, 1.82) is 0 Å². The van der Waals surface area contributed by atoms with E-state index in [1.54, 1.807) is 22.6 Å². The Morgan fingerprint density at radius 3 is 2.12 bits per heavy atom. The molecule has 24 heavy (non-hydrogen) atoms. The average molecular weight is 345 g/mol. The van der Waals surface area contributed by atoms with Gasteiger partial charge in [0.05, 0.1) is 16.6 Å². The van der Waals surface area contributed by atoms with Crippen molar-refractivity contribution in [2.75, 3.05) is 0 Å². The summed E-state index contributed by atoms with van der Waals surface area (Å²) >= 11 is 1.60. The Bertz CT molecular complexity index is 762. The molecule has 1 aromatic heterocycles. The van der Waals surface area contributed by atoms with Gasteiger partial charge < -0.3 is 0 Å². The van der Waals surface area contributed by atoms with Crippen molar-refractivity contribution in [2.24, 2.45) is 0 Å². The van der Waals surface area contributed by atoms with Gasteiger partial charge in [-0.25, -0.2) is 4.68 Å². The highest BCUT2D eigenvalue weighted by Gasteiger charge is 2.19. The van der Waals surface area contributed by atoms with Gasteiger partial charge in [-0.2, -0.15) is 5.10 Å². The molecule has 2 aromatic rings. The van der Waals surface area contributed by atoms with E-state index in [1.165, 1.54) is 11.1 Å². The summed E-state index contributed by atoms with van der Waals surface area (Å²) in [5, 5.41) is 4.29. The molecule has 4 heteroatoms. The Morgan fingerprint density at radius 2 is 1.62 bits per heavy atom. The second-order valence-electron chi connectivity index (χ2n) is 8.28. The molecule has 0 atom stereocenters. The number of aromatic nitrogens is 2. The molecule has 0 aliphatic rings.